The van der Waals surface area contributed by atoms with Crippen molar-refractivity contribution in [2.24, 2.45) is 0 Å². The van der Waals surface area contributed by atoms with Crippen molar-refractivity contribution in [3.8, 4) is 11.4 Å². The topological polar surface area (TPSA) is 59.0 Å². The van der Waals surface area contributed by atoms with Gasteiger partial charge in [0.25, 0.3) is 5.91 Å². The summed E-state index contributed by atoms with van der Waals surface area (Å²) >= 11 is 0. The Bertz CT molecular complexity index is 1110. The molecule has 0 unspecified atom stereocenters. The summed E-state index contributed by atoms with van der Waals surface area (Å²) in [7, 11) is 1.68. The Labute approximate surface area is 163 Å². The standard InChI is InChI=1S/C20H14F4N4O/c1-28-9-16-15(19(28)29)2-3-25-18(16)17-8-14(26-10-27-17)6-11-4-12(20(22,23)24)7-13(21)5-11/h2-5,7-8,10H,6,9H2,1H3. The van der Waals surface area contributed by atoms with E-state index in [1.807, 2.05) is 0 Å². The SMILES string of the molecule is CN1Cc2c(ccnc2-c2cc(Cc3cc(F)cc(C(F)(F)F)c3)ncn2)C1=O. The van der Waals surface area contributed by atoms with Crippen molar-refractivity contribution >= 4 is 5.91 Å². The number of carbonyl (C=O) groups is 1. The van der Waals surface area contributed by atoms with Crippen LogP contribution in [0.4, 0.5) is 17.6 Å². The maximum atomic E-state index is 13.6. The van der Waals surface area contributed by atoms with Crippen LogP contribution < -0.4 is 0 Å². The van der Waals surface area contributed by atoms with Crippen LogP contribution in [0.1, 0.15) is 32.7 Å². The number of pyridine rings is 1. The first-order valence-electron chi connectivity index (χ1n) is 8.63. The molecule has 9 heteroatoms. The van der Waals surface area contributed by atoms with Crippen molar-refractivity contribution in [2.75, 3.05) is 7.05 Å². The number of hydrogen-bond donors (Lipinski definition) is 0. The van der Waals surface area contributed by atoms with E-state index in [2.05, 4.69) is 15.0 Å². The fraction of sp³-hybridized carbons (Fsp3) is 0.200. The van der Waals surface area contributed by atoms with Crippen molar-refractivity contribution in [1.29, 1.82) is 0 Å². The molecular weight excluding hydrogens is 388 g/mol. The number of fused-ring (bicyclic) bond motifs is 1. The average molecular weight is 402 g/mol. The third-order valence-electron chi connectivity index (χ3n) is 4.66. The van der Waals surface area contributed by atoms with Gasteiger partial charge in [0.15, 0.2) is 0 Å². The lowest BCUT2D eigenvalue weighted by Crippen LogP contribution is -2.17. The van der Waals surface area contributed by atoms with Gasteiger partial charge in [-0.25, -0.2) is 14.4 Å². The number of benzene rings is 1. The molecule has 0 radical (unpaired) electrons. The monoisotopic (exact) mass is 402 g/mol. The van der Waals surface area contributed by atoms with E-state index in [9.17, 15) is 22.4 Å². The number of rotatable bonds is 3. The first kappa shape index (κ1) is 19.0. The van der Waals surface area contributed by atoms with Gasteiger partial charge in [0.2, 0.25) is 0 Å². The zero-order valence-corrected chi connectivity index (χ0v) is 15.2. The molecule has 0 fully saturated rings. The van der Waals surface area contributed by atoms with Crippen LogP contribution in [0.25, 0.3) is 11.4 Å². The predicted molar refractivity (Wildman–Crippen MR) is 95.3 cm³/mol. The minimum Gasteiger partial charge on any atom is -0.337 e. The molecule has 148 valence electrons. The number of hydrogen-bond acceptors (Lipinski definition) is 4. The van der Waals surface area contributed by atoms with Crippen LogP contribution >= 0.6 is 0 Å². The second-order valence-corrected chi connectivity index (χ2v) is 6.76. The number of halogens is 4. The second kappa shape index (κ2) is 6.91. The Morgan fingerprint density at radius 3 is 2.66 bits per heavy atom. The molecule has 1 aliphatic heterocycles. The lowest BCUT2D eigenvalue weighted by atomic mass is 10.0. The highest BCUT2D eigenvalue weighted by molar-refractivity contribution is 5.99. The van der Waals surface area contributed by atoms with Crippen LogP contribution in [-0.2, 0) is 19.1 Å². The van der Waals surface area contributed by atoms with Gasteiger partial charge >= 0.3 is 6.18 Å². The van der Waals surface area contributed by atoms with E-state index in [0.29, 0.717) is 35.3 Å². The van der Waals surface area contributed by atoms with E-state index in [4.69, 9.17) is 0 Å². The highest BCUT2D eigenvalue weighted by atomic mass is 19.4. The molecule has 0 N–H and O–H groups in total. The third kappa shape index (κ3) is 3.67. The number of alkyl halides is 3. The molecule has 1 amide bonds. The Morgan fingerprint density at radius 1 is 1.10 bits per heavy atom. The van der Waals surface area contributed by atoms with Crippen molar-refractivity contribution in [3.63, 3.8) is 0 Å². The molecule has 5 nitrogen and oxygen atoms in total. The van der Waals surface area contributed by atoms with Crippen molar-refractivity contribution in [2.45, 2.75) is 19.1 Å². The molecule has 4 rings (SSSR count). The van der Waals surface area contributed by atoms with Gasteiger partial charge in [-0.1, -0.05) is 0 Å². The van der Waals surface area contributed by atoms with Crippen LogP contribution in [0.3, 0.4) is 0 Å². The minimum absolute atomic E-state index is 0.00970. The van der Waals surface area contributed by atoms with Gasteiger partial charge < -0.3 is 4.90 Å². The van der Waals surface area contributed by atoms with Gasteiger partial charge in [0, 0.05) is 43.0 Å². The van der Waals surface area contributed by atoms with Crippen LogP contribution in [-0.4, -0.2) is 32.8 Å². The first-order valence-corrected chi connectivity index (χ1v) is 8.63. The normalized spacial score (nSPS) is 13.7. The lowest BCUT2D eigenvalue weighted by Gasteiger charge is -2.10. The molecule has 0 saturated heterocycles. The average Bonchev–Trinajstić information content (AvgIpc) is 2.95. The smallest absolute Gasteiger partial charge is 0.337 e. The number of amides is 1. The first-order chi connectivity index (χ1) is 13.7. The highest BCUT2D eigenvalue weighted by Crippen LogP contribution is 2.32. The van der Waals surface area contributed by atoms with Crippen LogP contribution in [0.2, 0.25) is 0 Å². The molecule has 0 bridgehead atoms. The van der Waals surface area contributed by atoms with Gasteiger partial charge in [0.1, 0.15) is 12.1 Å². The highest BCUT2D eigenvalue weighted by Gasteiger charge is 2.31. The summed E-state index contributed by atoms with van der Waals surface area (Å²) in [5.74, 6) is -1.08. The number of aromatic nitrogens is 3. The van der Waals surface area contributed by atoms with E-state index in [-0.39, 0.29) is 17.9 Å². The maximum Gasteiger partial charge on any atom is 0.416 e. The quantitative estimate of drug-likeness (QED) is 0.624. The van der Waals surface area contributed by atoms with Crippen molar-refractivity contribution < 1.29 is 22.4 Å². The molecule has 3 heterocycles. The van der Waals surface area contributed by atoms with Crippen LogP contribution in [0, 0.1) is 5.82 Å². The summed E-state index contributed by atoms with van der Waals surface area (Å²) in [6.07, 6.45) is -1.86. The van der Waals surface area contributed by atoms with E-state index < -0.39 is 17.6 Å². The third-order valence-corrected chi connectivity index (χ3v) is 4.66. The Balaban J connectivity index is 1.69. The van der Waals surface area contributed by atoms with Gasteiger partial charge in [-0.2, -0.15) is 13.2 Å². The fourth-order valence-electron chi connectivity index (χ4n) is 3.34. The molecule has 0 aliphatic carbocycles. The molecule has 0 spiro atoms. The largest absolute Gasteiger partial charge is 0.416 e. The molecule has 3 aromatic rings. The van der Waals surface area contributed by atoms with Gasteiger partial charge in [-0.05, 0) is 35.9 Å². The molecule has 0 atom stereocenters. The maximum absolute atomic E-state index is 13.6. The zero-order valence-electron chi connectivity index (χ0n) is 15.2. The molecule has 29 heavy (non-hydrogen) atoms. The number of carbonyl (C=O) groups excluding carboxylic acids is 1. The molecular formula is C20H14F4N4O. The lowest BCUT2D eigenvalue weighted by molar-refractivity contribution is -0.137. The summed E-state index contributed by atoms with van der Waals surface area (Å²) in [5, 5.41) is 0. The Kier molecular flexibility index (Phi) is 4.52. The van der Waals surface area contributed by atoms with E-state index >= 15 is 0 Å². The van der Waals surface area contributed by atoms with Crippen LogP contribution in [0.15, 0.2) is 42.9 Å². The fourth-order valence-corrected chi connectivity index (χ4v) is 3.34. The number of nitrogens with zero attached hydrogens (tertiary/aromatic N) is 4. The van der Waals surface area contributed by atoms with E-state index in [1.165, 1.54) is 12.5 Å². The Hall–Kier alpha value is -3.36. The second-order valence-electron chi connectivity index (χ2n) is 6.76. The van der Waals surface area contributed by atoms with Crippen molar-refractivity contribution in [1.82, 2.24) is 19.9 Å². The molecule has 0 saturated carbocycles. The minimum atomic E-state index is -4.64. The summed E-state index contributed by atoms with van der Waals surface area (Å²) in [6, 6.07) is 5.63. The van der Waals surface area contributed by atoms with E-state index in [1.54, 1.807) is 24.1 Å². The van der Waals surface area contributed by atoms with Crippen molar-refractivity contribution in [3.05, 3.63) is 76.6 Å². The molecule has 1 aliphatic rings. The molecule has 2 aromatic heterocycles. The van der Waals surface area contributed by atoms with Gasteiger partial charge in [-0.15, -0.1) is 0 Å². The summed E-state index contributed by atoms with van der Waals surface area (Å²) < 4.78 is 52.4. The summed E-state index contributed by atoms with van der Waals surface area (Å²) in [6.45, 7) is 0.384. The van der Waals surface area contributed by atoms with E-state index in [0.717, 1.165) is 17.7 Å². The Morgan fingerprint density at radius 2 is 1.90 bits per heavy atom. The molecule has 1 aromatic carbocycles. The predicted octanol–water partition coefficient (Wildman–Crippen LogP) is 3.87. The zero-order chi connectivity index (χ0) is 20.8. The van der Waals surface area contributed by atoms with Gasteiger partial charge in [-0.3, -0.25) is 9.78 Å². The summed E-state index contributed by atoms with van der Waals surface area (Å²) in [4.78, 5) is 26.3. The van der Waals surface area contributed by atoms with Crippen LogP contribution in [0.5, 0.6) is 0 Å². The van der Waals surface area contributed by atoms with Gasteiger partial charge in [0.05, 0.1) is 17.0 Å². The summed E-state index contributed by atoms with van der Waals surface area (Å²) in [5.41, 5.74) is 1.73.